The van der Waals surface area contributed by atoms with Gasteiger partial charge in [-0.2, -0.15) is 0 Å². The number of aromatic nitrogens is 1. The fourth-order valence-electron chi connectivity index (χ4n) is 3.94. The van der Waals surface area contributed by atoms with E-state index in [0.717, 1.165) is 37.1 Å². The van der Waals surface area contributed by atoms with Crippen LogP contribution >= 0.6 is 0 Å². The van der Waals surface area contributed by atoms with E-state index in [9.17, 15) is 4.79 Å². The first-order valence-corrected chi connectivity index (χ1v) is 11.1. The maximum atomic E-state index is 11.8. The van der Waals surface area contributed by atoms with E-state index < -0.39 is 0 Å². The van der Waals surface area contributed by atoms with Gasteiger partial charge in [0, 0.05) is 45.0 Å². The van der Waals surface area contributed by atoms with Crippen LogP contribution in [0.2, 0.25) is 0 Å². The Morgan fingerprint density at radius 3 is 2.63 bits per heavy atom. The van der Waals surface area contributed by atoms with Crippen molar-refractivity contribution >= 4 is 5.96 Å². The van der Waals surface area contributed by atoms with Crippen molar-refractivity contribution in [1.82, 2.24) is 20.1 Å². The van der Waals surface area contributed by atoms with Gasteiger partial charge in [0.2, 0.25) is 0 Å². The molecule has 0 amide bonds. The summed E-state index contributed by atoms with van der Waals surface area (Å²) in [5, 5.41) is 6.80. The van der Waals surface area contributed by atoms with Crippen molar-refractivity contribution < 1.29 is 0 Å². The van der Waals surface area contributed by atoms with Crippen LogP contribution in [0, 0.1) is 0 Å². The number of pyridine rings is 1. The Hall–Kier alpha value is -2.60. The van der Waals surface area contributed by atoms with E-state index >= 15 is 0 Å². The number of rotatable bonds is 8. The molecule has 3 rings (SSSR count). The van der Waals surface area contributed by atoms with Crippen LogP contribution in [0.25, 0.3) is 0 Å². The number of nitrogens with zero attached hydrogens (tertiary/aromatic N) is 3. The Bertz CT molecular complexity index is 858. The molecule has 1 aromatic heterocycles. The number of guanidine groups is 1. The van der Waals surface area contributed by atoms with Crippen LogP contribution < -0.4 is 16.2 Å². The number of aliphatic imine (C=N–C) groups is 1. The van der Waals surface area contributed by atoms with Gasteiger partial charge in [0.1, 0.15) is 0 Å². The first kappa shape index (κ1) is 22.1. The van der Waals surface area contributed by atoms with Gasteiger partial charge in [0.25, 0.3) is 5.56 Å². The van der Waals surface area contributed by atoms with Crippen LogP contribution in [0.1, 0.15) is 43.7 Å². The summed E-state index contributed by atoms with van der Waals surface area (Å²) in [7, 11) is 1.81. The first-order valence-electron chi connectivity index (χ1n) is 11.1. The summed E-state index contributed by atoms with van der Waals surface area (Å²) in [4.78, 5) is 18.8. The highest BCUT2D eigenvalue weighted by molar-refractivity contribution is 5.79. The number of piperidine rings is 1. The molecule has 2 aromatic rings. The molecule has 0 aliphatic carbocycles. The minimum atomic E-state index is 0.0212. The van der Waals surface area contributed by atoms with Crippen LogP contribution in [0.4, 0.5) is 0 Å². The van der Waals surface area contributed by atoms with Crippen LogP contribution in [0.15, 0.2) is 58.4 Å². The largest absolute Gasteiger partial charge is 0.356 e. The maximum absolute atomic E-state index is 11.8. The second-order valence-electron chi connectivity index (χ2n) is 8.07. The average Bonchev–Trinajstić information content (AvgIpc) is 2.77. The van der Waals surface area contributed by atoms with E-state index in [4.69, 9.17) is 0 Å². The predicted molar refractivity (Wildman–Crippen MR) is 124 cm³/mol. The van der Waals surface area contributed by atoms with E-state index in [1.165, 1.54) is 31.4 Å². The Balaban J connectivity index is 1.39. The Kier molecular flexibility index (Phi) is 8.51. The lowest BCUT2D eigenvalue weighted by Crippen LogP contribution is -2.41. The SMILES string of the molecule is CN=C(NCCCN1CCCCC1C)NCc1ccc(Cn2ccccc2=O)cc1. The fourth-order valence-corrected chi connectivity index (χ4v) is 3.94. The third-order valence-electron chi connectivity index (χ3n) is 5.81. The molecule has 0 spiro atoms. The molecule has 1 saturated heterocycles. The van der Waals surface area contributed by atoms with Gasteiger partial charge < -0.3 is 20.1 Å². The molecule has 1 aliphatic rings. The Morgan fingerprint density at radius 1 is 1.10 bits per heavy atom. The van der Waals surface area contributed by atoms with Crippen molar-refractivity contribution in [2.45, 2.75) is 51.7 Å². The number of nitrogens with one attached hydrogen (secondary N) is 2. The molecule has 2 N–H and O–H groups in total. The molecular weight excluding hydrogens is 374 g/mol. The minimum Gasteiger partial charge on any atom is -0.356 e. The van der Waals surface area contributed by atoms with Crippen molar-refractivity contribution in [1.29, 1.82) is 0 Å². The zero-order valence-corrected chi connectivity index (χ0v) is 18.3. The molecule has 6 nitrogen and oxygen atoms in total. The van der Waals surface area contributed by atoms with Gasteiger partial charge in [-0.15, -0.1) is 0 Å². The van der Waals surface area contributed by atoms with Crippen LogP contribution in [-0.2, 0) is 13.1 Å². The number of likely N-dealkylation sites (tertiary alicyclic amines) is 1. The highest BCUT2D eigenvalue weighted by Crippen LogP contribution is 2.16. The summed E-state index contributed by atoms with van der Waals surface area (Å²) in [6.07, 6.45) is 6.98. The molecule has 1 aromatic carbocycles. The summed E-state index contributed by atoms with van der Waals surface area (Å²) >= 11 is 0. The highest BCUT2D eigenvalue weighted by Gasteiger charge is 2.17. The summed E-state index contributed by atoms with van der Waals surface area (Å²) in [5.41, 5.74) is 2.32. The van der Waals surface area contributed by atoms with Gasteiger partial charge in [-0.05, 0) is 49.9 Å². The van der Waals surface area contributed by atoms with Crippen molar-refractivity contribution in [2.24, 2.45) is 4.99 Å². The third kappa shape index (κ3) is 6.73. The van der Waals surface area contributed by atoms with Crippen molar-refractivity contribution in [3.05, 3.63) is 70.1 Å². The van der Waals surface area contributed by atoms with Crippen molar-refractivity contribution in [3.63, 3.8) is 0 Å². The molecule has 0 saturated carbocycles. The van der Waals surface area contributed by atoms with Crippen molar-refractivity contribution in [3.8, 4) is 0 Å². The quantitative estimate of drug-likeness (QED) is 0.400. The zero-order chi connectivity index (χ0) is 21.2. The van der Waals surface area contributed by atoms with Gasteiger partial charge >= 0.3 is 0 Å². The molecule has 2 heterocycles. The van der Waals surface area contributed by atoms with Gasteiger partial charge in [-0.25, -0.2) is 0 Å². The molecule has 1 unspecified atom stereocenters. The van der Waals surface area contributed by atoms with E-state index in [1.807, 2.05) is 19.3 Å². The molecule has 1 atom stereocenters. The highest BCUT2D eigenvalue weighted by atomic mass is 16.1. The number of hydrogen-bond acceptors (Lipinski definition) is 3. The van der Waals surface area contributed by atoms with E-state index in [1.54, 1.807) is 16.7 Å². The third-order valence-corrected chi connectivity index (χ3v) is 5.81. The van der Waals surface area contributed by atoms with Crippen LogP contribution in [0.3, 0.4) is 0 Å². The Morgan fingerprint density at radius 2 is 1.90 bits per heavy atom. The standard InChI is InChI=1S/C24H35N5O/c1-20-8-3-5-15-28(20)17-7-14-26-24(25-2)27-18-21-10-12-22(13-11-21)19-29-16-6-4-9-23(29)30/h4,6,9-13,16,20H,3,5,7-8,14-15,17-19H2,1-2H3,(H2,25,26,27). The molecular formula is C24H35N5O. The topological polar surface area (TPSA) is 61.7 Å². The summed E-state index contributed by atoms with van der Waals surface area (Å²) in [5.74, 6) is 0.835. The predicted octanol–water partition coefficient (Wildman–Crippen LogP) is 2.83. The number of hydrogen-bond donors (Lipinski definition) is 2. The minimum absolute atomic E-state index is 0.0212. The zero-order valence-electron chi connectivity index (χ0n) is 18.3. The molecule has 1 aliphatic heterocycles. The van der Waals surface area contributed by atoms with Crippen LogP contribution in [0.5, 0.6) is 0 Å². The van der Waals surface area contributed by atoms with E-state index in [2.05, 4.69) is 51.7 Å². The number of benzene rings is 1. The maximum Gasteiger partial charge on any atom is 0.250 e. The second kappa shape index (κ2) is 11.6. The van der Waals surface area contributed by atoms with Crippen LogP contribution in [-0.4, -0.2) is 48.2 Å². The lowest BCUT2D eigenvalue weighted by molar-refractivity contribution is 0.159. The second-order valence-corrected chi connectivity index (χ2v) is 8.07. The van der Waals surface area contributed by atoms with E-state index in [-0.39, 0.29) is 5.56 Å². The van der Waals surface area contributed by atoms with Gasteiger partial charge in [-0.1, -0.05) is 36.8 Å². The fraction of sp³-hybridized carbons (Fsp3) is 0.500. The summed E-state index contributed by atoms with van der Waals surface area (Å²) in [6.45, 7) is 6.96. The van der Waals surface area contributed by atoms with Crippen molar-refractivity contribution in [2.75, 3.05) is 26.7 Å². The van der Waals surface area contributed by atoms with E-state index in [0.29, 0.717) is 13.1 Å². The molecule has 162 valence electrons. The normalized spacial score (nSPS) is 17.7. The molecule has 0 bridgehead atoms. The Labute approximate surface area is 180 Å². The molecule has 6 heteroatoms. The average molecular weight is 410 g/mol. The first-order chi connectivity index (χ1) is 14.7. The lowest BCUT2D eigenvalue weighted by Gasteiger charge is -2.33. The monoisotopic (exact) mass is 409 g/mol. The van der Waals surface area contributed by atoms with Gasteiger partial charge in [0.05, 0.1) is 6.54 Å². The molecule has 0 radical (unpaired) electrons. The van der Waals surface area contributed by atoms with Gasteiger partial charge in [0.15, 0.2) is 5.96 Å². The molecule has 30 heavy (non-hydrogen) atoms. The van der Waals surface area contributed by atoms with Gasteiger partial charge in [-0.3, -0.25) is 9.79 Å². The summed E-state index contributed by atoms with van der Waals surface area (Å²) < 4.78 is 1.71. The smallest absolute Gasteiger partial charge is 0.250 e. The molecule has 1 fully saturated rings. The summed E-state index contributed by atoms with van der Waals surface area (Å²) in [6, 6.07) is 14.3. The lowest BCUT2D eigenvalue weighted by atomic mass is 10.0.